The molecule has 1 aromatic carbocycles. The maximum atomic E-state index is 3.64. The van der Waals surface area contributed by atoms with Gasteiger partial charge in [-0.2, -0.15) is 0 Å². The fraction of sp³-hybridized carbons (Fsp3) is 0.571. The first kappa shape index (κ1) is 11.4. The Bertz CT molecular complexity index is 411. The van der Waals surface area contributed by atoms with Crippen molar-refractivity contribution in [1.29, 1.82) is 0 Å². The van der Waals surface area contributed by atoms with E-state index in [1.165, 1.54) is 43.5 Å². The first-order valence-corrected chi connectivity index (χ1v) is 7.35. The highest BCUT2D eigenvalue weighted by atomic mass is 79.9. The van der Waals surface area contributed by atoms with Gasteiger partial charge in [0.05, 0.1) is 11.4 Å². The number of rotatable bonds is 0. The van der Waals surface area contributed by atoms with Crippen molar-refractivity contribution in [3.63, 3.8) is 0 Å². The molecule has 0 unspecified atom stereocenters. The molecule has 0 radical (unpaired) electrons. The molecule has 2 N–H and O–H groups in total. The van der Waals surface area contributed by atoms with E-state index in [4.69, 9.17) is 0 Å². The average molecular weight is 295 g/mol. The van der Waals surface area contributed by atoms with Gasteiger partial charge in [-0.15, -0.1) is 0 Å². The molecular weight excluding hydrogens is 276 g/mol. The summed E-state index contributed by atoms with van der Waals surface area (Å²) in [5.41, 5.74) is 2.94. The summed E-state index contributed by atoms with van der Waals surface area (Å²) in [6, 6.07) is 6.36. The van der Waals surface area contributed by atoms with Gasteiger partial charge in [-0.25, -0.2) is 0 Å². The quantitative estimate of drug-likeness (QED) is 0.748. The third-order valence-corrected chi connectivity index (χ3v) is 4.88. The lowest BCUT2D eigenvalue weighted by molar-refractivity contribution is 0.224. The van der Waals surface area contributed by atoms with Crippen molar-refractivity contribution in [1.82, 2.24) is 0 Å². The number of hydrogen-bond donors (Lipinski definition) is 2. The maximum absolute atomic E-state index is 3.64. The second-order valence-electron chi connectivity index (χ2n) is 5.43. The molecule has 1 aliphatic carbocycles. The Morgan fingerprint density at radius 2 is 1.76 bits per heavy atom. The predicted octanol–water partition coefficient (Wildman–Crippen LogP) is 4.24. The normalized spacial score (nSPS) is 22.2. The number of benzene rings is 1. The fourth-order valence-electron chi connectivity index (χ4n) is 3.13. The Balaban J connectivity index is 1.85. The van der Waals surface area contributed by atoms with Gasteiger partial charge in [-0.1, -0.05) is 25.3 Å². The molecule has 0 atom stereocenters. The first-order chi connectivity index (χ1) is 8.29. The van der Waals surface area contributed by atoms with Crippen molar-refractivity contribution >= 4 is 27.3 Å². The second-order valence-corrected chi connectivity index (χ2v) is 6.28. The van der Waals surface area contributed by atoms with Crippen LogP contribution in [0.25, 0.3) is 0 Å². The summed E-state index contributed by atoms with van der Waals surface area (Å²) in [6.45, 7) is 2.22. The molecule has 0 amide bonds. The van der Waals surface area contributed by atoms with E-state index in [1.807, 2.05) is 0 Å². The van der Waals surface area contributed by atoms with E-state index in [-0.39, 0.29) is 0 Å². The van der Waals surface area contributed by atoms with Gasteiger partial charge in [0.15, 0.2) is 0 Å². The van der Waals surface area contributed by atoms with Gasteiger partial charge in [0, 0.05) is 23.0 Å². The summed E-state index contributed by atoms with van der Waals surface area (Å²) in [4.78, 5) is 0. The molecule has 17 heavy (non-hydrogen) atoms. The van der Waals surface area contributed by atoms with E-state index >= 15 is 0 Å². The number of hydrogen-bond acceptors (Lipinski definition) is 2. The number of nitrogens with one attached hydrogen (secondary N) is 2. The SMILES string of the molecule is Brc1cccc2c1NCC1(CCCCC1)CN2. The van der Waals surface area contributed by atoms with E-state index in [1.54, 1.807) is 0 Å². The third kappa shape index (κ3) is 2.17. The van der Waals surface area contributed by atoms with E-state index in [2.05, 4.69) is 44.8 Å². The number of halogens is 1. The van der Waals surface area contributed by atoms with E-state index < -0.39 is 0 Å². The Hall–Kier alpha value is -0.700. The molecule has 92 valence electrons. The van der Waals surface area contributed by atoms with Gasteiger partial charge in [0.2, 0.25) is 0 Å². The van der Waals surface area contributed by atoms with Crippen LogP contribution in [0.3, 0.4) is 0 Å². The van der Waals surface area contributed by atoms with Crippen LogP contribution in [0.1, 0.15) is 32.1 Å². The molecule has 1 aliphatic heterocycles. The lowest BCUT2D eigenvalue weighted by atomic mass is 9.74. The van der Waals surface area contributed by atoms with Crippen LogP contribution in [0.2, 0.25) is 0 Å². The van der Waals surface area contributed by atoms with Crippen LogP contribution in [-0.4, -0.2) is 13.1 Å². The monoisotopic (exact) mass is 294 g/mol. The standard InChI is InChI=1S/C14H19BrN2/c15-11-5-4-6-12-13(11)17-10-14(9-16-12)7-2-1-3-8-14/h4-6,16-17H,1-3,7-10H2. The number of fused-ring (bicyclic) bond motifs is 1. The van der Waals surface area contributed by atoms with E-state index in [0.717, 1.165) is 17.6 Å². The highest BCUT2D eigenvalue weighted by Crippen LogP contribution is 2.41. The summed E-state index contributed by atoms with van der Waals surface area (Å²) in [7, 11) is 0. The summed E-state index contributed by atoms with van der Waals surface area (Å²) in [5, 5.41) is 7.28. The summed E-state index contributed by atoms with van der Waals surface area (Å²) >= 11 is 3.63. The Morgan fingerprint density at radius 1 is 1.00 bits per heavy atom. The van der Waals surface area contributed by atoms with Gasteiger partial charge >= 0.3 is 0 Å². The predicted molar refractivity (Wildman–Crippen MR) is 76.6 cm³/mol. The van der Waals surface area contributed by atoms with E-state index in [9.17, 15) is 0 Å². The van der Waals surface area contributed by atoms with Crippen molar-refractivity contribution in [2.24, 2.45) is 5.41 Å². The van der Waals surface area contributed by atoms with Gasteiger partial charge < -0.3 is 10.6 Å². The zero-order valence-electron chi connectivity index (χ0n) is 10.1. The molecule has 1 fully saturated rings. The van der Waals surface area contributed by atoms with Gasteiger partial charge in [0.25, 0.3) is 0 Å². The lowest BCUT2D eigenvalue weighted by Gasteiger charge is -2.36. The molecule has 1 saturated carbocycles. The Morgan fingerprint density at radius 3 is 2.59 bits per heavy atom. The van der Waals surface area contributed by atoms with Crippen molar-refractivity contribution < 1.29 is 0 Å². The minimum Gasteiger partial charge on any atom is -0.383 e. The zero-order valence-corrected chi connectivity index (χ0v) is 11.6. The maximum Gasteiger partial charge on any atom is 0.0720 e. The Kier molecular flexibility index (Phi) is 3.03. The third-order valence-electron chi connectivity index (χ3n) is 4.22. The highest BCUT2D eigenvalue weighted by Gasteiger charge is 2.33. The smallest absolute Gasteiger partial charge is 0.0720 e. The molecule has 1 aromatic rings. The van der Waals surface area contributed by atoms with Crippen molar-refractivity contribution in [3.8, 4) is 0 Å². The summed E-state index contributed by atoms with van der Waals surface area (Å²) < 4.78 is 1.16. The molecule has 0 saturated heterocycles. The van der Waals surface area contributed by atoms with Crippen LogP contribution in [0.5, 0.6) is 0 Å². The second kappa shape index (κ2) is 4.52. The van der Waals surface area contributed by atoms with Gasteiger partial charge in [0.1, 0.15) is 0 Å². The van der Waals surface area contributed by atoms with Crippen LogP contribution >= 0.6 is 15.9 Å². The van der Waals surface area contributed by atoms with Crippen molar-refractivity contribution in [2.45, 2.75) is 32.1 Å². The summed E-state index contributed by atoms with van der Waals surface area (Å²) in [5.74, 6) is 0. The highest BCUT2D eigenvalue weighted by molar-refractivity contribution is 9.10. The van der Waals surface area contributed by atoms with Gasteiger partial charge in [-0.05, 0) is 40.9 Å². The molecule has 3 heteroatoms. The van der Waals surface area contributed by atoms with Crippen LogP contribution < -0.4 is 10.6 Å². The van der Waals surface area contributed by atoms with Crippen LogP contribution in [0.4, 0.5) is 11.4 Å². The molecule has 1 spiro atoms. The fourth-order valence-corrected chi connectivity index (χ4v) is 3.63. The molecule has 2 nitrogen and oxygen atoms in total. The van der Waals surface area contributed by atoms with Crippen LogP contribution in [0, 0.1) is 5.41 Å². The largest absolute Gasteiger partial charge is 0.383 e. The molecular formula is C14H19BrN2. The topological polar surface area (TPSA) is 24.1 Å². The van der Waals surface area contributed by atoms with Gasteiger partial charge in [-0.3, -0.25) is 0 Å². The minimum atomic E-state index is 0.469. The van der Waals surface area contributed by atoms with Crippen LogP contribution in [-0.2, 0) is 0 Å². The Labute approximate surface area is 111 Å². The van der Waals surface area contributed by atoms with E-state index in [0.29, 0.717) is 5.41 Å². The van der Waals surface area contributed by atoms with Crippen molar-refractivity contribution in [3.05, 3.63) is 22.7 Å². The number of para-hydroxylation sites is 1. The zero-order chi connectivity index (χ0) is 11.7. The molecule has 0 aromatic heterocycles. The molecule has 2 aliphatic rings. The molecule has 3 rings (SSSR count). The van der Waals surface area contributed by atoms with Crippen molar-refractivity contribution in [2.75, 3.05) is 23.7 Å². The number of anilines is 2. The lowest BCUT2D eigenvalue weighted by Crippen LogP contribution is -2.36. The minimum absolute atomic E-state index is 0.469. The average Bonchev–Trinajstić information content (AvgIpc) is 2.53. The van der Waals surface area contributed by atoms with Crippen LogP contribution in [0.15, 0.2) is 22.7 Å². The summed E-state index contributed by atoms with van der Waals surface area (Å²) in [6.07, 6.45) is 6.91. The molecule has 1 heterocycles. The molecule has 0 bridgehead atoms. The first-order valence-electron chi connectivity index (χ1n) is 6.55.